The van der Waals surface area contributed by atoms with Gasteiger partial charge in [0.2, 0.25) is 0 Å². The summed E-state index contributed by atoms with van der Waals surface area (Å²) in [4.78, 5) is 5.28. The van der Waals surface area contributed by atoms with Gasteiger partial charge in [-0.3, -0.25) is 0 Å². The molecule has 0 spiro atoms. The van der Waals surface area contributed by atoms with E-state index in [1.165, 1.54) is 77.9 Å². The minimum atomic E-state index is 0.811. The van der Waals surface area contributed by atoms with Gasteiger partial charge in [-0.25, -0.2) is 0 Å². The molecule has 0 atom stereocenters. The first-order valence-corrected chi connectivity index (χ1v) is 8.42. The van der Waals surface area contributed by atoms with E-state index in [1.807, 2.05) is 0 Å². The van der Waals surface area contributed by atoms with Gasteiger partial charge in [0.25, 0.3) is 0 Å². The number of rotatable bonds is 9. The maximum absolute atomic E-state index is 3.60. The second-order valence-electron chi connectivity index (χ2n) is 6.83. The summed E-state index contributed by atoms with van der Waals surface area (Å²) in [5.74, 6) is 0.811. The zero-order valence-electron chi connectivity index (χ0n) is 13.0. The maximum Gasteiger partial charge on any atom is 0.0110 e. The number of nitrogens with zero attached hydrogens (tertiary/aromatic N) is 2. The molecule has 2 rings (SSSR count). The molecule has 1 saturated heterocycles. The quantitative estimate of drug-likeness (QED) is 0.646. The molecule has 0 unspecified atom stereocenters. The van der Waals surface area contributed by atoms with Crippen molar-refractivity contribution >= 4 is 0 Å². The summed E-state index contributed by atoms with van der Waals surface area (Å²) in [7, 11) is 0. The first kappa shape index (κ1) is 15.3. The molecule has 3 nitrogen and oxygen atoms in total. The monoisotopic (exact) mass is 267 g/mol. The van der Waals surface area contributed by atoms with E-state index >= 15 is 0 Å². The molecule has 3 heteroatoms. The average Bonchev–Trinajstić information content (AvgIpc) is 3.19. The van der Waals surface area contributed by atoms with Gasteiger partial charge in [0.1, 0.15) is 0 Å². The third-order valence-corrected chi connectivity index (χ3v) is 4.25. The van der Waals surface area contributed by atoms with Crippen molar-refractivity contribution in [3.05, 3.63) is 0 Å². The molecule has 1 N–H and O–H groups in total. The van der Waals surface area contributed by atoms with Gasteiger partial charge in [-0.05, 0) is 44.7 Å². The summed E-state index contributed by atoms with van der Waals surface area (Å²) < 4.78 is 0. The number of unbranched alkanes of at least 4 members (excludes halogenated alkanes) is 2. The van der Waals surface area contributed by atoms with Crippen LogP contribution in [0.15, 0.2) is 0 Å². The zero-order valence-corrected chi connectivity index (χ0v) is 13.0. The fourth-order valence-electron chi connectivity index (χ4n) is 2.94. The van der Waals surface area contributed by atoms with Gasteiger partial charge in [-0.1, -0.05) is 20.3 Å². The summed E-state index contributed by atoms with van der Waals surface area (Å²) in [6.07, 6.45) is 6.98. The van der Waals surface area contributed by atoms with E-state index in [4.69, 9.17) is 0 Å². The highest BCUT2D eigenvalue weighted by Gasteiger charge is 2.19. The van der Waals surface area contributed by atoms with Crippen LogP contribution in [-0.2, 0) is 0 Å². The molecule has 112 valence electrons. The van der Waals surface area contributed by atoms with E-state index in [-0.39, 0.29) is 0 Å². The van der Waals surface area contributed by atoms with Crippen molar-refractivity contribution in [3.8, 4) is 0 Å². The third-order valence-electron chi connectivity index (χ3n) is 4.25. The predicted octanol–water partition coefficient (Wildman–Crippen LogP) is 2.18. The fourth-order valence-corrected chi connectivity index (χ4v) is 2.94. The van der Waals surface area contributed by atoms with Crippen LogP contribution in [0.1, 0.15) is 46.0 Å². The highest BCUT2D eigenvalue weighted by atomic mass is 15.3. The largest absolute Gasteiger partial charge is 0.314 e. The van der Waals surface area contributed by atoms with Crippen LogP contribution in [0.4, 0.5) is 0 Å². The van der Waals surface area contributed by atoms with Crippen LogP contribution < -0.4 is 5.32 Å². The second kappa shape index (κ2) is 8.23. The van der Waals surface area contributed by atoms with Crippen molar-refractivity contribution in [2.75, 3.05) is 45.8 Å². The predicted molar refractivity (Wildman–Crippen MR) is 82.6 cm³/mol. The van der Waals surface area contributed by atoms with Gasteiger partial charge in [-0.2, -0.15) is 0 Å². The van der Waals surface area contributed by atoms with Crippen LogP contribution in [0, 0.1) is 5.92 Å². The SMILES string of the molecule is CC(C)CN1CCN(CCCCCNC2CC2)CC1. The number of hydrogen-bond acceptors (Lipinski definition) is 3. The number of nitrogens with one attached hydrogen (secondary N) is 1. The standard InChI is InChI=1S/C16H33N3/c1-15(2)14-19-12-10-18(11-13-19)9-5-3-4-8-17-16-6-7-16/h15-17H,3-14H2,1-2H3. The molecule has 19 heavy (non-hydrogen) atoms. The first-order valence-electron chi connectivity index (χ1n) is 8.42. The molecule has 1 aliphatic carbocycles. The van der Waals surface area contributed by atoms with Crippen LogP contribution >= 0.6 is 0 Å². The van der Waals surface area contributed by atoms with Crippen molar-refractivity contribution < 1.29 is 0 Å². The van der Waals surface area contributed by atoms with Crippen LogP contribution in [0.5, 0.6) is 0 Å². The molecule has 2 aliphatic rings. The third kappa shape index (κ3) is 6.73. The zero-order chi connectivity index (χ0) is 13.5. The van der Waals surface area contributed by atoms with E-state index in [1.54, 1.807) is 0 Å². The van der Waals surface area contributed by atoms with Gasteiger partial charge < -0.3 is 15.1 Å². The van der Waals surface area contributed by atoms with E-state index in [9.17, 15) is 0 Å². The molecule has 0 radical (unpaired) electrons. The van der Waals surface area contributed by atoms with Gasteiger partial charge >= 0.3 is 0 Å². The molecule has 2 fully saturated rings. The van der Waals surface area contributed by atoms with Crippen LogP contribution in [0.25, 0.3) is 0 Å². The van der Waals surface area contributed by atoms with Gasteiger partial charge in [0, 0.05) is 38.8 Å². The van der Waals surface area contributed by atoms with Crippen LogP contribution in [-0.4, -0.2) is 61.7 Å². The van der Waals surface area contributed by atoms with E-state index in [2.05, 4.69) is 29.0 Å². The molecule has 0 aromatic heterocycles. The molecule has 0 amide bonds. The van der Waals surface area contributed by atoms with Crippen molar-refractivity contribution in [3.63, 3.8) is 0 Å². The number of hydrogen-bond donors (Lipinski definition) is 1. The Morgan fingerprint density at radius 2 is 1.63 bits per heavy atom. The van der Waals surface area contributed by atoms with Crippen molar-refractivity contribution in [1.82, 2.24) is 15.1 Å². The summed E-state index contributed by atoms with van der Waals surface area (Å²) in [6, 6.07) is 0.883. The first-order chi connectivity index (χ1) is 9.24. The fraction of sp³-hybridized carbons (Fsp3) is 1.00. The highest BCUT2D eigenvalue weighted by Crippen LogP contribution is 2.18. The Morgan fingerprint density at radius 3 is 2.26 bits per heavy atom. The van der Waals surface area contributed by atoms with Crippen molar-refractivity contribution in [2.24, 2.45) is 5.92 Å². The average molecular weight is 267 g/mol. The Hall–Kier alpha value is -0.120. The van der Waals surface area contributed by atoms with E-state index < -0.39 is 0 Å². The molecule has 1 saturated carbocycles. The molecule has 1 aliphatic heterocycles. The topological polar surface area (TPSA) is 18.5 Å². The lowest BCUT2D eigenvalue weighted by atomic mass is 10.2. The Labute approximate surface area is 119 Å². The molecule has 0 aromatic rings. The lowest BCUT2D eigenvalue weighted by Crippen LogP contribution is -2.47. The second-order valence-corrected chi connectivity index (χ2v) is 6.83. The van der Waals surface area contributed by atoms with Gasteiger partial charge in [0.05, 0.1) is 0 Å². The minimum absolute atomic E-state index is 0.811. The summed E-state index contributed by atoms with van der Waals surface area (Å²) in [6.45, 7) is 13.6. The summed E-state index contributed by atoms with van der Waals surface area (Å²) in [5.41, 5.74) is 0. The van der Waals surface area contributed by atoms with Crippen molar-refractivity contribution in [1.29, 1.82) is 0 Å². The van der Waals surface area contributed by atoms with E-state index in [0.29, 0.717) is 0 Å². The van der Waals surface area contributed by atoms with Crippen molar-refractivity contribution in [2.45, 2.75) is 52.0 Å². The Balaban J connectivity index is 1.41. The molecular weight excluding hydrogens is 234 g/mol. The Bertz CT molecular complexity index is 230. The smallest absolute Gasteiger partial charge is 0.0110 e. The normalized spacial score (nSPS) is 22.3. The van der Waals surface area contributed by atoms with Crippen LogP contribution in [0.2, 0.25) is 0 Å². The van der Waals surface area contributed by atoms with Gasteiger partial charge in [-0.15, -0.1) is 0 Å². The van der Waals surface area contributed by atoms with E-state index in [0.717, 1.165) is 12.0 Å². The van der Waals surface area contributed by atoms with Gasteiger partial charge in [0.15, 0.2) is 0 Å². The van der Waals surface area contributed by atoms with Crippen LogP contribution in [0.3, 0.4) is 0 Å². The maximum atomic E-state index is 3.60. The Morgan fingerprint density at radius 1 is 0.947 bits per heavy atom. The lowest BCUT2D eigenvalue weighted by Gasteiger charge is -2.35. The lowest BCUT2D eigenvalue weighted by molar-refractivity contribution is 0.121. The molecular formula is C16H33N3. The summed E-state index contributed by atoms with van der Waals surface area (Å²) in [5, 5.41) is 3.60. The molecule has 1 heterocycles. The minimum Gasteiger partial charge on any atom is -0.314 e. The molecule has 0 bridgehead atoms. The molecule has 0 aromatic carbocycles. The Kier molecular flexibility index (Phi) is 6.62. The number of piperazine rings is 1. The summed E-state index contributed by atoms with van der Waals surface area (Å²) >= 11 is 0. The highest BCUT2D eigenvalue weighted by molar-refractivity contribution is 4.80.